The van der Waals surface area contributed by atoms with Crippen LogP contribution < -0.4 is 5.32 Å². The largest absolute Gasteiger partial charge is 0.443 e. The van der Waals surface area contributed by atoms with Crippen LogP contribution in [0.15, 0.2) is 69.8 Å². The standard InChI is InChI=1S/C28H27F3N4O6S/c1-16(2)35-26(37)19(12-20(27(35)38)18-9-10-23(32-14-18)28(29,30)31)15-33-25(36)21-7-5-11-34(21)42(39,40)24-13-17-6-3-4-8-22(17)41-24/h3-4,6,8-10,12-14,16,20-21H,5,7,11,15H2,1-2H3,(H,33,36)/t20?,21-/m0/s1. The van der Waals surface area contributed by atoms with Gasteiger partial charge in [-0.15, -0.1) is 0 Å². The number of nitrogens with one attached hydrogen (secondary N) is 1. The summed E-state index contributed by atoms with van der Waals surface area (Å²) < 4.78 is 72.3. The van der Waals surface area contributed by atoms with Gasteiger partial charge in [-0.2, -0.15) is 17.5 Å². The van der Waals surface area contributed by atoms with E-state index in [-0.39, 0.29) is 35.7 Å². The molecule has 1 saturated heterocycles. The Morgan fingerprint density at radius 2 is 1.90 bits per heavy atom. The number of aromatic nitrogens is 1. The van der Waals surface area contributed by atoms with Gasteiger partial charge in [-0.3, -0.25) is 24.3 Å². The number of carbonyl (C=O) groups excluding carboxylic acids is 3. The van der Waals surface area contributed by atoms with Crippen LogP contribution in [0.5, 0.6) is 0 Å². The van der Waals surface area contributed by atoms with E-state index in [1.54, 1.807) is 38.1 Å². The van der Waals surface area contributed by atoms with E-state index in [9.17, 15) is 36.0 Å². The number of amides is 3. The third-order valence-electron chi connectivity index (χ3n) is 7.24. The Morgan fingerprint density at radius 3 is 2.55 bits per heavy atom. The molecule has 1 fully saturated rings. The highest BCUT2D eigenvalue weighted by atomic mass is 32.2. The summed E-state index contributed by atoms with van der Waals surface area (Å²) in [4.78, 5) is 44.0. The summed E-state index contributed by atoms with van der Waals surface area (Å²) in [7, 11) is -4.15. The molecular weight excluding hydrogens is 577 g/mol. The highest BCUT2D eigenvalue weighted by molar-refractivity contribution is 7.89. The fourth-order valence-corrected chi connectivity index (χ4v) is 6.77. The highest BCUT2D eigenvalue weighted by Gasteiger charge is 2.42. The van der Waals surface area contributed by atoms with Crippen molar-refractivity contribution >= 4 is 38.7 Å². The molecule has 42 heavy (non-hydrogen) atoms. The molecule has 0 bridgehead atoms. The Hall–Kier alpha value is -4.04. The number of para-hydroxylation sites is 1. The first-order valence-electron chi connectivity index (χ1n) is 13.2. The molecule has 5 rings (SSSR count). The number of halogens is 3. The monoisotopic (exact) mass is 604 g/mol. The van der Waals surface area contributed by atoms with Crippen molar-refractivity contribution in [3.8, 4) is 0 Å². The number of carbonyl (C=O) groups is 3. The topological polar surface area (TPSA) is 130 Å². The second kappa shape index (κ2) is 11.0. The number of pyridine rings is 1. The molecular formula is C28H27F3N4O6S. The molecule has 10 nitrogen and oxygen atoms in total. The number of benzene rings is 1. The molecule has 1 aromatic carbocycles. The number of sulfonamides is 1. The number of hydrogen-bond donors (Lipinski definition) is 1. The summed E-state index contributed by atoms with van der Waals surface area (Å²) in [6, 6.07) is 8.45. The molecule has 0 saturated carbocycles. The molecule has 1 unspecified atom stereocenters. The van der Waals surface area contributed by atoms with Gasteiger partial charge in [-0.25, -0.2) is 8.42 Å². The second-order valence-corrected chi connectivity index (χ2v) is 12.2. The van der Waals surface area contributed by atoms with Crippen LogP contribution in [0.3, 0.4) is 0 Å². The molecule has 4 heterocycles. The maximum absolute atomic E-state index is 13.4. The molecule has 2 aromatic heterocycles. The lowest BCUT2D eigenvalue weighted by atomic mass is 9.91. The van der Waals surface area contributed by atoms with Gasteiger partial charge in [0.05, 0.1) is 5.92 Å². The molecule has 3 aromatic rings. The maximum atomic E-state index is 13.4. The van der Waals surface area contributed by atoms with E-state index in [1.165, 1.54) is 12.1 Å². The van der Waals surface area contributed by atoms with Gasteiger partial charge in [-0.1, -0.05) is 30.3 Å². The van der Waals surface area contributed by atoms with Crippen molar-refractivity contribution in [1.29, 1.82) is 0 Å². The molecule has 2 aliphatic rings. The number of fused-ring (bicyclic) bond motifs is 1. The molecule has 0 spiro atoms. The zero-order chi connectivity index (χ0) is 30.4. The molecule has 0 radical (unpaired) electrons. The lowest BCUT2D eigenvalue weighted by Crippen LogP contribution is -2.50. The summed E-state index contributed by atoms with van der Waals surface area (Å²) in [5.41, 5.74) is -0.553. The minimum Gasteiger partial charge on any atom is -0.443 e. The third-order valence-corrected chi connectivity index (χ3v) is 9.01. The van der Waals surface area contributed by atoms with Crippen molar-refractivity contribution < 1.29 is 40.4 Å². The predicted octanol–water partition coefficient (Wildman–Crippen LogP) is 3.60. The third kappa shape index (κ3) is 5.43. The van der Waals surface area contributed by atoms with E-state index in [1.807, 2.05) is 0 Å². The van der Waals surface area contributed by atoms with E-state index in [2.05, 4.69) is 10.3 Å². The number of rotatable bonds is 7. The summed E-state index contributed by atoms with van der Waals surface area (Å²) in [5, 5.41) is 2.93. The molecule has 222 valence electrons. The van der Waals surface area contributed by atoms with E-state index >= 15 is 0 Å². The van der Waals surface area contributed by atoms with Gasteiger partial charge < -0.3 is 9.73 Å². The number of hydrogen-bond acceptors (Lipinski definition) is 7. The Balaban J connectivity index is 1.36. The zero-order valence-electron chi connectivity index (χ0n) is 22.6. The highest BCUT2D eigenvalue weighted by Crippen LogP contribution is 2.33. The van der Waals surface area contributed by atoms with Crippen molar-refractivity contribution in [2.75, 3.05) is 13.1 Å². The summed E-state index contributed by atoms with van der Waals surface area (Å²) in [6.45, 7) is 2.99. The van der Waals surface area contributed by atoms with Crippen LogP contribution in [0.1, 0.15) is 43.9 Å². The van der Waals surface area contributed by atoms with Crippen molar-refractivity contribution in [2.24, 2.45) is 0 Å². The average molecular weight is 605 g/mol. The number of furan rings is 1. The fraction of sp³-hybridized carbons (Fsp3) is 0.357. The minimum atomic E-state index is -4.66. The summed E-state index contributed by atoms with van der Waals surface area (Å²) in [5.74, 6) is -3.04. The molecule has 3 amide bonds. The lowest BCUT2D eigenvalue weighted by Gasteiger charge is -2.33. The molecule has 1 N–H and O–H groups in total. The molecule has 2 aliphatic heterocycles. The lowest BCUT2D eigenvalue weighted by molar-refractivity contribution is -0.146. The average Bonchev–Trinajstić information content (AvgIpc) is 3.61. The van der Waals surface area contributed by atoms with Gasteiger partial charge in [0.15, 0.2) is 0 Å². The van der Waals surface area contributed by atoms with Crippen molar-refractivity contribution in [1.82, 2.24) is 19.5 Å². The second-order valence-electron chi connectivity index (χ2n) is 10.3. The van der Waals surface area contributed by atoms with Crippen LogP contribution in [-0.2, 0) is 30.6 Å². The molecule has 14 heteroatoms. The number of imide groups is 1. The van der Waals surface area contributed by atoms with Crippen LogP contribution in [-0.4, -0.2) is 65.5 Å². The van der Waals surface area contributed by atoms with Crippen LogP contribution in [0, 0.1) is 0 Å². The normalized spacial score (nSPS) is 20.4. The Bertz CT molecular complexity index is 1650. The summed E-state index contributed by atoms with van der Waals surface area (Å²) in [6.07, 6.45) is -1.75. The van der Waals surface area contributed by atoms with Crippen LogP contribution in [0.25, 0.3) is 11.0 Å². The SMILES string of the molecule is CC(C)N1C(=O)C(CNC(=O)[C@@H]2CCCN2S(=O)(=O)c2cc3ccccc3o2)=CC(c2ccc(C(F)(F)F)nc2)C1=O. The quantitative estimate of drug-likeness (QED) is 0.408. The fourth-order valence-electron chi connectivity index (χ4n) is 5.16. The van der Waals surface area contributed by atoms with Gasteiger partial charge >= 0.3 is 6.18 Å². The van der Waals surface area contributed by atoms with Crippen molar-refractivity contribution in [3.63, 3.8) is 0 Å². The van der Waals surface area contributed by atoms with Gasteiger partial charge in [0.1, 0.15) is 17.3 Å². The molecule has 0 aliphatic carbocycles. The van der Waals surface area contributed by atoms with E-state index in [4.69, 9.17) is 4.42 Å². The Labute approximate surface area is 239 Å². The van der Waals surface area contributed by atoms with Crippen molar-refractivity contribution in [3.05, 3.63) is 71.6 Å². The first-order valence-corrected chi connectivity index (χ1v) is 14.6. The van der Waals surface area contributed by atoms with E-state index < -0.39 is 57.6 Å². The smallest absolute Gasteiger partial charge is 0.433 e. The summed E-state index contributed by atoms with van der Waals surface area (Å²) >= 11 is 0. The zero-order valence-corrected chi connectivity index (χ0v) is 23.4. The minimum absolute atomic E-state index is 0.0336. The maximum Gasteiger partial charge on any atom is 0.433 e. The van der Waals surface area contributed by atoms with Crippen molar-refractivity contribution in [2.45, 2.75) is 56.0 Å². The van der Waals surface area contributed by atoms with E-state index in [0.29, 0.717) is 17.4 Å². The van der Waals surface area contributed by atoms with Gasteiger partial charge in [-0.05, 0) is 44.4 Å². The number of alkyl halides is 3. The first kappa shape index (κ1) is 29.5. The number of nitrogens with zero attached hydrogens (tertiary/aromatic N) is 3. The van der Waals surface area contributed by atoms with Gasteiger partial charge in [0.25, 0.3) is 15.9 Å². The van der Waals surface area contributed by atoms with Gasteiger partial charge in [0.2, 0.25) is 16.9 Å². The molecule has 2 atom stereocenters. The van der Waals surface area contributed by atoms with Gasteiger partial charge in [0, 0.05) is 42.4 Å². The predicted molar refractivity (Wildman–Crippen MR) is 143 cm³/mol. The van der Waals surface area contributed by atoms with Crippen LogP contribution >= 0.6 is 0 Å². The van der Waals surface area contributed by atoms with E-state index in [0.717, 1.165) is 27.5 Å². The van der Waals surface area contributed by atoms with Crippen LogP contribution in [0.2, 0.25) is 0 Å². The van der Waals surface area contributed by atoms with Crippen LogP contribution in [0.4, 0.5) is 13.2 Å². The Morgan fingerprint density at radius 1 is 1.17 bits per heavy atom. The first-order chi connectivity index (χ1) is 19.8. The Kier molecular flexibility index (Phi) is 7.70.